The summed E-state index contributed by atoms with van der Waals surface area (Å²) >= 11 is 1.66. The zero-order valence-corrected chi connectivity index (χ0v) is 14.7. The topological polar surface area (TPSA) is 58.4 Å². The predicted molar refractivity (Wildman–Crippen MR) is 93.8 cm³/mol. The van der Waals surface area contributed by atoms with Crippen molar-refractivity contribution >= 4 is 17.7 Å². The average Bonchev–Trinajstić information content (AvgIpc) is 2.56. The number of rotatable bonds is 7. The number of likely N-dealkylation sites (tertiary alicyclic amines) is 1. The van der Waals surface area contributed by atoms with Gasteiger partial charge in [0.05, 0.1) is 6.04 Å². The molecule has 2 rings (SSSR count). The van der Waals surface area contributed by atoms with Crippen LogP contribution in [0, 0.1) is 11.6 Å². The molecule has 1 unspecified atom stereocenters. The summed E-state index contributed by atoms with van der Waals surface area (Å²) < 4.78 is 27.6. The second-order valence-corrected chi connectivity index (χ2v) is 7.16. The third-order valence-electron chi connectivity index (χ3n) is 4.27. The van der Waals surface area contributed by atoms with Gasteiger partial charge in [-0.05, 0) is 49.9 Å². The van der Waals surface area contributed by atoms with E-state index in [9.17, 15) is 13.6 Å². The van der Waals surface area contributed by atoms with Gasteiger partial charge in [0.1, 0.15) is 11.6 Å². The smallest absolute Gasteiger partial charge is 0.237 e. The van der Waals surface area contributed by atoms with E-state index >= 15 is 0 Å². The third-order valence-corrected chi connectivity index (χ3v) is 4.91. The number of hydrogen-bond acceptors (Lipinski definition) is 4. The van der Waals surface area contributed by atoms with E-state index in [1.54, 1.807) is 11.8 Å². The Hall–Kier alpha value is -1.18. The fourth-order valence-electron chi connectivity index (χ4n) is 2.91. The molecular weight excluding hydrogens is 332 g/mol. The number of piperidine rings is 1. The van der Waals surface area contributed by atoms with E-state index in [4.69, 9.17) is 5.73 Å². The SMILES string of the molecule is CSCC[C@H](N)C(=O)NC1CCCN(Cc2c(F)cccc2F)C1. The van der Waals surface area contributed by atoms with Crippen LogP contribution >= 0.6 is 11.8 Å². The zero-order chi connectivity index (χ0) is 17.5. The molecule has 1 aliphatic rings. The van der Waals surface area contributed by atoms with E-state index in [1.165, 1.54) is 18.2 Å². The van der Waals surface area contributed by atoms with Gasteiger partial charge in [-0.15, -0.1) is 0 Å². The molecule has 0 radical (unpaired) electrons. The number of amides is 1. The van der Waals surface area contributed by atoms with Crippen molar-refractivity contribution in [3.63, 3.8) is 0 Å². The number of hydrogen-bond donors (Lipinski definition) is 2. The highest BCUT2D eigenvalue weighted by atomic mass is 32.2. The Morgan fingerprint density at radius 3 is 2.83 bits per heavy atom. The summed E-state index contributed by atoms with van der Waals surface area (Å²) in [6.07, 6.45) is 4.35. The first-order chi connectivity index (χ1) is 11.5. The molecule has 1 saturated heterocycles. The van der Waals surface area contributed by atoms with Crippen molar-refractivity contribution in [2.24, 2.45) is 5.73 Å². The van der Waals surface area contributed by atoms with Crippen molar-refractivity contribution in [2.75, 3.05) is 25.1 Å². The van der Waals surface area contributed by atoms with Gasteiger partial charge in [-0.25, -0.2) is 8.78 Å². The van der Waals surface area contributed by atoms with Crippen LogP contribution in [-0.2, 0) is 11.3 Å². The molecule has 1 fully saturated rings. The molecule has 2 atom stereocenters. The molecule has 1 aromatic rings. The third kappa shape index (κ3) is 5.43. The molecule has 0 bridgehead atoms. The molecule has 4 nitrogen and oxygen atoms in total. The van der Waals surface area contributed by atoms with Crippen molar-refractivity contribution in [1.29, 1.82) is 0 Å². The minimum absolute atomic E-state index is 0.0265. The number of nitrogens with one attached hydrogen (secondary N) is 1. The Labute approximate surface area is 146 Å². The van der Waals surface area contributed by atoms with E-state index < -0.39 is 17.7 Å². The Kier molecular flexibility index (Phi) is 7.45. The van der Waals surface area contributed by atoms with Crippen molar-refractivity contribution < 1.29 is 13.6 Å². The molecular formula is C17H25F2N3OS. The van der Waals surface area contributed by atoms with Gasteiger partial charge in [0.2, 0.25) is 5.91 Å². The summed E-state index contributed by atoms with van der Waals surface area (Å²) in [6, 6.07) is 3.38. The largest absolute Gasteiger partial charge is 0.351 e. The maximum absolute atomic E-state index is 13.8. The minimum atomic E-state index is -0.528. The van der Waals surface area contributed by atoms with E-state index in [0.717, 1.165) is 25.1 Å². The van der Waals surface area contributed by atoms with E-state index in [1.807, 2.05) is 11.2 Å². The summed E-state index contributed by atoms with van der Waals surface area (Å²) in [7, 11) is 0. The molecule has 0 spiro atoms. The van der Waals surface area contributed by atoms with E-state index in [-0.39, 0.29) is 24.1 Å². The monoisotopic (exact) mass is 357 g/mol. The molecule has 0 aliphatic carbocycles. The highest BCUT2D eigenvalue weighted by Gasteiger charge is 2.24. The Balaban J connectivity index is 1.89. The summed E-state index contributed by atoms with van der Waals surface area (Å²) in [5.41, 5.74) is 5.96. The lowest BCUT2D eigenvalue weighted by atomic mass is 10.0. The molecule has 0 saturated carbocycles. The lowest BCUT2D eigenvalue weighted by Crippen LogP contribution is -2.51. The molecule has 1 aliphatic heterocycles. The number of nitrogens with zero attached hydrogens (tertiary/aromatic N) is 1. The lowest BCUT2D eigenvalue weighted by molar-refractivity contribution is -0.123. The predicted octanol–water partition coefficient (Wildman–Crippen LogP) is 2.13. The highest BCUT2D eigenvalue weighted by Crippen LogP contribution is 2.18. The number of halogens is 2. The molecule has 1 aromatic carbocycles. The van der Waals surface area contributed by atoms with Crippen LogP contribution in [0.25, 0.3) is 0 Å². The van der Waals surface area contributed by atoms with Gasteiger partial charge in [-0.3, -0.25) is 9.69 Å². The summed E-state index contributed by atoms with van der Waals surface area (Å²) in [4.78, 5) is 14.1. The number of nitrogens with two attached hydrogens (primary N) is 1. The van der Waals surface area contributed by atoms with Crippen LogP contribution in [0.3, 0.4) is 0 Å². The van der Waals surface area contributed by atoms with Crippen molar-refractivity contribution in [3.05, 3.63) is 35.4 Å². The summed E-state index contributed by atoms with van der Waals surface area (Å²) in [6.45, 7) is 1.55. The van der Waals surface area contributed by atoms with Gasteiger partial charge < -0.3 is 11.1 Å². The van der Waals surface area contributed by atoms with Crippen LogP contribution in [0.2, 0.25) is 0 Å². The van der Waals surface area contributed by atoms with Crippen LogP contribution in [0.5, 0.6) is 0 Å². The van der Waals surface area contributed by atoms with Gasteiger partial charge in [0.25, 0.3) is 0 Å². The van der Waals surface area contributed by atoms with Gasteiger partial charge in [-0.2, -0.15) is 11.8 Å². The first kappa shape index (κ1) is 19.1. The van der Waals surface area contributed by atoms with Gasteiger partial charge in [0, 0.05) is 24.7 Å². The molecule has 1 amide bonds. The van der Waals surface area contributed by atoms with Gasteiger partial charge in [-0.1, -0.05) is 6.07 Å². The lowest BCUT2D eigenvalue weighted by Gasteiger charge is -2.33. The van der Waals surface area contributed by atoms with Crippen molar-refractivity contribution in [1.82, 2.24) is 10.2 Å². The van der Waals surface area contributed by atoms with Crippen LogP contribution in [-0.4, -0.2) is 48.0 Å². The van der Waals surface area contributed by atoms with Crippen molar-refractivity contribution in [3.8, 4) is 0 Å². The normalized spacial score (nSPS) is 19.9. The molecule has 0 aromatic heterocycles. The first-order valence-corrected chi connectivity index (χ1v) is 9.60. The van der Waals surface area contributed by atoms with Crippen LogP contribution < -0.4 is 11.1 Å². The molecule has 134 valence electrons. The summed E-state index contributed by atoms with van der Waals surface area (Å²) in [5, 5.41) is 2.97. The Bertz CT molecular complexity index is 538. The second kappa shape index (κ2) is 9.34. The molecule has 3 N–H and O–H groups in total. The first-order valence-electron chi connectivity index (χ1n) is 8.21. The van der Waals surface area contributed by atoms with Crippen LogP contribution in [0.15, 0.2) is 18.2 Å². The number of carbonyl (C=O) groups excluding carboxylic acids is 1. The zero-order valence-electron chi connectivity index (χ0n) is 13.9. The van der Waals surface area contributed by atoms with Gasteiger partial charge >= 0.3 is 0 Å². The highest BCUT2D eigenvalue weighted by molar-refractivity contribution is 7.98. The molecule has 7 heteroatoms. The van der Waals surface area contributed by atoms with Crippen LogP contribution in [0.4, 0.5) is 8.78 Å². The maximum Gasteiger partial charge on any atom is 0.237 e. The van der Waals surface area contributed by atoms with Crippen LogP contribution in [0.1, 0.15) is 24.8 Å². The number of carbonyl (C=O) groups is 1. The minimum Gasteiger partial charge on any atom is -0.351 e. The fourth-order valence-corrected chi connectivity index (χ4v) is 3.40. The molecule has 24 heavy (non-hydrogen) atoms. The fraction of sp³-hybridized carbons (Fsp3) is 0.588. The van der Waals surface area contributed by atoms with E-state index in [0.29, 0.717) is 13.0 Å². The quantitative estimate of drug-likeness (QED) is 0.785. The maximum atomic E-state index is 13.8. The number of thioether (sulfide) groups is 1. The Morgan fingerprint density at radius 1 is 1.46 bits per heavy atom. The van der Waals surface area contributed by atoms with Crippen molar-refractivity contribution in [2.45, 2.75) is 37.9 Å². The molecule has 1 heterocycles. The summed E-state index contributed by atoms with van der Waals surface area (Å²) in [5.74, 6) is -0.355. The Morgan fingerprint density at radius 2 is 2.17 bits per heavy atom. The van der Waals surface area contributed by atoms with E-state index in [2.05, 4.69) is 5.32 Å². The average molecular weight is 357 g/mol. The number of benzene rings is 1. The van der Waals surface area contributed by atoms with Gasteiger partial charge in [0.15, 0.2) is 0 Å². The standard InChI is InChI=1S/C17H25F2N3OS/c1-24-9-7-16(20)17(23)21-12-4-3-8-22(10-12)11-13-14(18)5-2-6-15(13)19/h2,5-6,12,16H,3-4,7-11,20H2,1H3,(H,21,23)/t12?,16-/m0/s1. The second-order valence-electron chi connectivity index (χ2n) is 6.17.